The number of nitrogens with zero attached hydrogens (tertiary/aromatic N) is 2. The number of primary amides is 1. The molecule has 0 radical (unpaired) electrons. The molecule has 2 amide bonds. The van der Waals surface area contributed by atoms with Crippen molar-refractivity contribution < 1.29 is 19.4 Å². The van der Waals surface area contributed by atoms with E-state index in [1.165, 1.54) is 0 Å². The highest BCUT2D eigenvalue weighted by Gasteiger charge is 2.25. The maximum atomic E-state index is 12.6. The number of nitrogens with two attached hydrogens (primary N) is 1. The summed E-state index contributed by atoms with van der Waals surface area (Å²) < 4.78 is 5.24. The van der Waals surface area contributed by atoms with Crippen molar-refractivity contribution in [2.24, 2.45) is 5.73 Å². The minimum Gasteiger partial charge on any atom is -0.484 e. The number of carbonyl (C=O) groups is 2. The largest absolute Gasteiger partial charge is 0.484 e. The highest BCUT2D eigenvalue weighted by molar-refractivity contribution is 5.94. The zero-order valence-corrected chi connectivity index (χ0v) is 14.2. The Kier molecular flexibility index (Phi) is 5.80. The molecule has 1 fully saturated rings. The van der Waals surface area contributed by atoms with Crippen LogP contribution in [0.5, 0.6) is 5.75 Å². The van der Waals surface area contributed by atoms with Gasteiger partial charge in [-0.25, -0.2) is 0 Å². The van der Waals surface area contributed by atoms with E-state index in [-0.39, 0.29) is 12.5 Å². The Morgan fingerprint density at radius 2 is 1.92 bits per heavy atom. The molecule has 0 bridgehead atoms. The van der Waals surface area contributed by atoms with E-state index < -0.39 is 11.5 Å². The van der Waals surface area contributed by atoms with Gasteiger partial charge in [-0.15, -0.1) is 0 Å². The minimum atomic E-state index is -0.738. The summed E-state index contributed by atoms with van der Waals surface area (Å²) in [5, 5.41) is 9.87. The Morgan fingerprint density at radius 1 is 1.25 bits per heavy atom. The van der Waals surface area contributed by atoms with Gasteiger partial charge in [-0.1, -0.05) is 6.07 Å². The summed E-state index contributed by atoms with van der Waals surface area (Å²) in [4.78, 5) is 27.3. The molecule has 2 rings (SSSR count). The average Bonchev–Trinajstić information content (AvgIpc) is 2.52. The second kappa shape index (κ2) is 7.63. The van der Waals surface area contributed by atoms with Crippen LogP contribution in [0.4, 0.5) is 0 Å². The number of hydrogen-bond donors (Lipinski definition) is 2. The quantitative estimate of drug-likeness (QED) is 0.767. The third-order valence-electron chi connectivity index (χ3n) is 3.73. The zero-order valence-electron chi connectivity index (χ0n) is 14.2. The van der Waals surface area contributed by atoms with Crippen LogP contribution < -0.4 is 10.5 Å². The van der Waals surface area contributed by atoms with Crippen LogP contribution in [0, 0.1) is 0 Å². The molecule has 1 aromatic rings. The van der Waals surface area contributed by atoms with E-state index in [4.69, 9.17) is 10.5 Å². The number of ether oxygens (including phenoxy) is 1. The number of carbonyl (C=O) groups excluding carboxylic acids is 2. The fraction of sp³-hybridized carbons (Fsp3) is 0.529. The molecule has 1 aromatic carbocycles. The number of aliphatic hydroxyl groups is 1. The Balaban J connectivity index is 1.93. The number of amides is 2. The highest BCUT2D eigenvalue weighted by atomic mass is 16.5. The van der Waals surface area contributed by atoms with Crippen molar-refractivity contribution in [2.75, 3.05) is 39.3 Å². The van der Waals surface area contributed by atoms with E-state index in [9.17, 15) is 14.7 Å². The van der Waals surface area contributed by atoms with Crippen molar-refractivity contribution in [3.63, 3.8) is 0 Å². The number of rotatable bonds is 6. The first-order valence-electron chi connectivity index (χ1n) is 8.00. The lowest BCUT2D eigenvalue weighted by molar-refractivity contribution is -0.119. The van der Waals surface area contributed by atoms with Crippen LogP contribution in [0.25, 0.3) is 0 Å². The van der Waals surface area contributed by atoms with Crippen molar-refractivity contribution in [3.8, 4) is 5.75 Å². The third kappa shape index (κ3) is 5.50. The van der Waals surface area contributed by atoms with Crippen molar-refractivity contribution in [1.82, 2.24) is 9.80 Å². The molecule has 132 valence electrons. The van der Waals surface area contributed by atoms with E-state index in [0.717, 1.165) is 13.1 Å². The molecule has 7 heteroatoms. The molecule has 0 spiro atoms. The summed E-state index contributed by atoms with van der Waals surface area (Å²) in [6, 6.07) is 6.74. The van der Waals surface area contributed by atoms with Crippen molar-refractivity contribution in [3.05, 3.63) is 29.8 Å². The normalized spacial score (nSPS) is 16.0. The summed E-state index contributed by atoms with van der Waals surface area (Å²) in [7, 11) is 0. The van der Waals surface area contributed by atoms with Crippen LogP contribution >= 0.6 is 0 Å². The second-order valence-electron chi connectivity index (χ2n) is 6.66. The van der Waals surface area contributed by atoms with Gasteiger partial charge >= 0.3 is 0 Å². The summed E-state index contributed by atoms with van der Waals surface area (Å²) in [6.07, 6.45) is 0. The Bertz CT molecular complexity index is 590. The van der Waals surface area contributed by atoms with Crippen LogP contribution in [0.1, 0.15) is 24.2 Å². The molecule has 0 aromatic heterocycles. The first-order valence-corrected chi connectivity index (χ1v) is 8.00. The van der Waals surface area contributed by atoms with Gasteiger partial charge in [0.15, 0.2) is 6.61 Å². The van der Waals surface area contributed by atoms with E-state index >= 15 is 0 Å². The van der Waals surface area contributed by atoms with Gasteiger partial charge in [0.2, 0.25) is 0 Å². The van der Waals surface area contributed by atoms with E-state index in [0.29, 0.717) is 30.9 Å². The monoisotopic (exact) mass is 335 g/mol. The van der Waals surface area contributed by atoms with Crippen LogP contribution in [0.2, 0.25) is 0 Å². The van der Waals surface area contributed by atoms with Crippen LogP contribution in [0.15, 0.2) is 24.3 Å². The van der Waals surface area contributed by atoms with Crippen LogP contribution in [-0.2, 0) is 4.79 Å². The molecule has 0 atom stereocenters. The van der Waals surface area contributed by atoms with Gasteiger partial charge in [0.25, 0.3) is 11.8 Å². The van der Waals surface area contributed by atoms with Gasteiger partial charge in [0.05, 0.1) is 5.60 Å². The number of piperazine rings is 1. The Hall–Kier alpha value is -2.12. The molecule has 3 N–H and O–H groups in total. The van der Waals surface area contributed by atoms with Crippen LogP contribution in [-0.4, -0.2) is 71.7 Å². The second-order valence-corrected chi connectivity index (χ2v) is 6.66. The van der Waals surface area contributed by atoms with Crippen LogP contribution in [0.3, 0.4) is 0 Å². The predicted octanol–water partition coefficient (Wildman–Crippen LogP) is 0.0794. The Morgan fingerprint density at radius 3 is 2.50 bits per heavy atom. The molecule has 1 saturated heterocycles. The number of hydrogen-bond acceptors (Lipinski definition) is 5. The molecule has 0 unspecified atom stereocenters. The summed E-state index contributed by atoms with van der Waals surface area (Å²) >= 11 is 0. The maximum absolute atomic E-state index is 12.6. The molecule has 1 aliphatic rings. The number of benzene rings is 1. The molecule has 1 aliphatic heterocycles. The minimum absolute atomic E-state index is 0.0672. The molecule has 0 saturated carbocycles. The van der Waals surface area contributed by atoms with Gasteiger partial charge in [0.1, 0.15) is 5.75 Å². The molecule has 1 heterocycles. The van der Waals surface area contributed by atoms with Gasteiger partial charge < -0.3 is 20.5 Å². The fourth-order valence-corrected chi connectivity index (χ4v) is 2.71. The maximum Gasteiger partial charge on any atom is 0.255 e. The summed E-state index contributed by atoms with van der Waals surface area (Å²) in [6.45, 7) is 6.62. The lowest BCUT2D eigenvalue weighted by atomic mass is 10.1. The van der Waals surface area contributed by atoms with Crippen molar-refractivity contribution in [1.29, 1.82) is 0 Å². The first kappa shape index (κ1) is 18.2. The molecule has 7 nitrogen and oxygen atoms in total. The summed E-state index contributed by atoms with van der Waals surface area (Å²) in [5.41, 5.74) is 4.83. The van der Waals surface area contributed by atoms with E-state index in [1.807, 2.05) is 0 Å². The molecule has 0 aliphatic carbocycles. The molecular weight excluding hydrogens is 310 g/mol. The van der Waals surface area contributed by atoms with Gasteiger partial charge in [-0.2, -0.15) is 0 Å². The molecular formula is C17H25N3O4. The fourth-order valence-electron chi connectivity index (χ4n) is 2.71. The highest BCUT2D eigenvalue weighted by Crippen LogP contribution is 2.16. The van der Waals surface area contributed by atoms with E-state index in [1.54, 1.807) is 43.0 Å². The smallest absolute Gasteiger partial charge is 0.255 e. The van der Waals surface area contributed by atoms with E-state index in [2.05, 4.69) is 4.90 Å². The lowest BCUT2D eigenvalue weighted by Gasteiger charge is -2.37. The van der Waals surface area contributed by atoms with Gasteiger partial charge in [-0.3, -0.25) is 14.5 Å². The standard InChI is InChI=1S/C17H25N3O4/c1-17(2,23)12-19-6-8-20(9-7-19)16(22)13-4-3-5-14(10-13)24-11-15(18)21/h3-5,10,23H,6-9,11-12H2,1-2H3,(H2,18,21). The zero-order chi connectivity index (χ0) is 17.7. The van der Waals surface area contributed by atoms with Crippen molar-refractivity contribution in [2.45, 2.75) is 19.4 Å². The summed E-state index contributed by atoms with van der Waals surface area (Å²) in [5.74, 6) is -0.183. The molecule has 24 heavy (non-hydrogen) atoms. The van der Waals surface area contributed by atoms with Gasteiger partial charge in [0, 0.05) is 38.3 Å². The van der Waals surface area contributed by atoms with Gasteiger partial charge in [-0.05, 0) is 32.0 Å². The predicted molar refractivity (Wildman–Crippen MR) is 89.8 cm³/mol. The number of β-amino-alcohol motifs (C(OH)–C–C–N with tert-alkyl or cyclic N) is 1. The topological polar surface area (TPSA) is 96.1 Å². The average molecular weight is 335 g/mol. The SMILES string of the molecule is CC(C)(O)CN1CCN(C(=O)c2cccc(OCC(N)=O)c2)CC1. The first-order chi connectivity index (χ1) is 11.2. The van der Waals surface area contributed by atoms with Crippen molar-refractivity contribution >= 4 is 11.8 Å². The third-order valence-corrected chi connectivity index (χ3v) is 3.73. The Labute approximate surface area is 142 Å². The lowest BCUT2D eigenvalue weighted by Crippen LogP contribution is -2.52.